The predicted molar refractivity (Wildman–Crippen MR) is 102 cm³/mol. The van der Waals surface area contributed by atoms with Crippen LogP contribution in [-0.2, 0) is 46.7 Å². The molecule has 170 valence electrons. The summed E-state index contributed by atoms with van der Waals surface area (Å²) in [6.07, 6.45) is -0.534. The largest absolute Gasteiger partial charge is 0.475 e. The standard InChI is InChI=1S/C18H33O10P/c1-7-15(8-2)28-29(21,25-12-17-10-23-18(5,6)27-17)24-11-16(26-14(4)20)9-22-13(3)19/h15-17H,7-12H2,1-6H3/t16-,17?,29?/m1/s1. The lowest BCUT2D eigenvalue weighted by Gasteiger charge is -2.25. The smallest absolute Gasteiger partial charge is 0.462 e. The van der Waals surface area contributed by atoms with Crippen LogP contribution in [-0.4, -0.2) is 62.5 Å². The van der Waals surface area contributed by atoms with Gasteiger partial charge in [0.05, 0.1) is 25.9 Å². The number of carbonyl (C=O) groups is 2. The maximum atomic E-state index is 13.2. The van der Waals surface area contributed by atoms with Gasteiger partial charge in [-0.15, -0.1) is 0 Å². The number of phosphoric acid groups is 1. The highest BCUT2D eigenvalue weighted by Gasteiger charge is 2.37. The van der Waals surface area contributed by atoms with E-state index in [1.165, 1.54) is 13.8 Å². The molecule has 0 amide bonds. The average Bonchev–Trinajstić information content (AvgIpc) is 2.99. The van der Waals surface area contributed by atoms with Crippen LogP contribution in [0.3, 0.4) is 0 Å². The minimum Gasteiger partial charge on any atom is -0.462 e. The normalized spacial score (nSPS) is 21.6. The molecule has 0 bridgehead atoms. The van der Waals surface area contributed by atoms with E-state index in [0.717, 1.165) is 0 Å². The van der Waals surface area contributed by atoms with Crippen LogP contribution in [0, 0.1) is 0 Å². The molecule has 29 heavy (non-hydrogen) atoms. The second kappa shape index (κ2) is 12.0. The lowest BCUT2D eigenvalue weighted by molar-refractivity contribution is -0.158. The molecule has 0 spiro atoms. The summed E-state index contributed by atoms with van der Waals surface area (Å²) in [7, 11) is -4.01. The predicted octanol–water partition coefficient (Wildman–Crippen LogP) is 2.98. The van der Waals surface area contributed by atoms with Crippen molar-refractivity contribution in [1.29, 1.82) is 0 Å². The van der Waals surface area contributed by atoms with Gasteiger partial charge in [0.25, 0.3) is 0 Å². The first-order valence-electron chi connectivity index (χ1n) is 9.68. The Kier molecular flexibility index (Phi) is 10.7. The van der Waals surface area contributed by atoms with Crippen molar-refractivity contribution >= 4 is 19.8 Å². The Bertz CT molecular complexity index is 575. The first kappa shape index (κ1) is 26.0. The second-order valence-corrected chi connectivity index (χ2v) is 8.69. The third-order valence-corrected chi connectivity index (χ3v) is 5.39. The van der Waals surface area contributed by atoms with Gasteiger partial charge in [-0.05, 0) is 26.7 Å². The van der Waals surface area contributed by atoms with Crippen LogP contribution in [0.5, 0.6) is 0 Å². The van der Waals surface area contributed by atoms with Crippen molar-refractivity contribution in [3.8, 4) is 0 Å². The maximum Gasteiger partial charge on any atom is 0.475 e. The van der Waals surface area contributed by atoms with E-state index in [2.05, 4.69) is 0 Å². The summed E-state index contributed by atoms with van der Waals surface area (Å²) in [4.78, 5) is 22.3. The van der Waals surface area contributed by atoms with Crippen molar-refractivity contribution in [1.82, 2.24) is 0 Å². The van der Waals surface area contributed by atoms with Crippen LogP contribution in [0.1, 0.15) is 54.4 Å². The van der Waals surface area contributed by atoms with E-state index in [1.807, 2.05) is 13.8 Å². The van der Waals surface area contributed by atoms with Crippen molar-refractivity contribution in [3.05, 3.63) is 0 Å². The first-order valence-corrected chi connectivity index (χ1v) is 11.1. The average molecular weight is 440 g/mol. The lowest BCUT2D eigenvalue weighted by Crippen LogP contribution is -2.29. The first-order chi connectivity index (χ1) is 13.5. The van der Waals surface area contributed by atoms with Gasteiger partial charge in [0.2, 0.25) is 0 Å². The van der Waals surface area contributed by atoms with Crippen molar-refractivity contribution in [3.63, 3.8) is 0 Å². The molecule has 0 radical (unpaired) electrons. The van der Waals surface area contributed by atoms with E-state index >= 15 is 0 Å². The third kappa shape index (κ3) is 10.5. The number of phosphoric ester groups is 1. The number of hydrogen-bond donors (Lipinski definition) is 0. The van der Waals surface area contributed by atoms with E-state index < -0.39 is 37.8 Å². The molecular weight excluding hydrogens is 407 g/mol. The molecule has 0 aromatic rings. The summed E-state index contributed by atoms with van der Waals surface area (Å²) in [6, 6.07) is 0. The molecule has 0 aromatic heterocycles. The molecule has 1 saturated heterocycles. The van der Waals surface area contributed by atoms with E-state index in [1.54, 1.807) is 13.8 Å². The molecule has 1 aliphatic heterocycles. The van der Waals surface area contributed by atoms with Crippen LogP contribution in [0.25, 0.3) is 0 Å². The molecular formula is C18H33O10P. The molecule has 0 saturated carbocycles. The molecule has 1 heterocycles. The lowest BCUT2D eigenvalue weighted by atomic mass is 10.2. The van der Waals surface area contributed by atoms with Crippen LogP contribution >= 0.6 is 7.82 Å². The minimum atomic E-state index is -4.01. The summed E-state index contributed by atoms with van der Waals surface area (Å²) in [5.41, 5.74) is 0. The van der Waals surface area contributed by atoms with Gasteiger partial charge < -0.3 is 18.9 Å². The zero-order valence-electron chi connectivity index (χ0n) is 18.0. The Morgan fingerprint density at radius 3 is 2.21 bits per heavy atom. The summed E-state index contributed by atoms with van der Waals surface area (Å²) >= 11 is 0. The molecule has 3 atom stereocenters. The molecule has 0 aromatic carbocycles. The number of hydrogen-bond acceptors (Lipinski definition) is 10. The molecule has 0 aliphatic carbocycles. The Balaban J connectivity index is 2.76. The van der Waals surface area contributed by atoms with Crippen molar-refractivity contribution < 1.29 is 46.7 Å². The zero-order chi connectivity index (χ0) is 22.1. The third-order valence-electron chi connectivity index (χ3n) is 3.90. The van der Waals surface area contributed by atoms with Gasteiger partial charge in [0.15, 0.2) is 11.9 Å². The minimum absolute atomic E-state index is 0.0664. The van der Waals surface area contributed by atoms with E-state index in [-0.39, 0.29) is 32.5 Å². The van der Waals surface area contributed by atoms with Crippen molar-refractivity contribution in [2.75, 3.05) is 26.4 Å². The number of esters is 2. The summed E-state index contributed by atoms with van der Waals surface area (Å²) in [5, 5.41) is 0. The SMILES string of the molecule is CCC(CC)OP(=O)(OCC1COC(C)(C)O1)OC[C@@H](COC(C)=O)OC(C)=O. The molecule has 0 N–H and O–H groups in total. The van der Waals surface area contributed by atoms with E-state index in [4.69, 9.17) is 32.5 Å². The molecule has 1 rings (SSSR count). The molecule has 1 aliphatic rings. The maximum absolute atomic E-state index is 13.2. The number of carbonyl (C=O) groups excluding carboxylic acids is 2. The fourth-order valence-corrected chi connectivity index (χ4v) is 4.03. The van der Waals surface area contributed by atoms with Gasteiger partial charge in [-0.1, -0.05) is 13.8 Å². The van der Waals surface area contributed by atoms with Crippen LogP contribution in [0.4, 0.5) is 0 Å². The number of ether oxygens (including phenoxy) is 4. The van der Waals surface area contributed by atoms with Crippen LogP contribution < -0.4 is 0 Å². The molecule has 10 nitrogen and oxygen atoms in total. The van der Waals surface area contributed by atoms with Crippen molar-refractivity contribution in [2.45, 2.75) is 78.5 Å². The molecule has 1 fully saturated rings. The van der Waals surface area contributed by atoms with Gasteiger partial charge in [0.1, 0.15) is 12.7 Å². The fourth-order valence-electron chi connectivity index (χ4n) is 2.47. The van der Waals surface area contributed by atoms with E-state index in [0.29, 0.717) is 12.8 Å². The topological polar surface area (TPSA) is 116 Å². The van der Waals surface area contributed by atoms with Gasteiger partial charge in [-0.2, -0.15) is 0 Å². The summed E-state index contributed by atoms with van der Waals surface area (Å²) < 4.78 is 50.7. The quantitative estimate of drug-likeness (QED) is 0.313. The Morgan fingerprint density at radius 1 is 1.07 bits per heavy atom. The summed E-state index contributed by atoms with van der Waals surface area (Å²) in [5.74, 6) is -1.89. The van der Waals surface area contributed by atoms with Gasteiger partial charge >= 0.3 is 19.8 Å². The van der Waals surface area contributed by atoms with Crippen molar-refractivity contribution in [2.24, 2.45) is 0 Å². The second-order valence-electron chi connectivity index (χ2n) is 7.07. The van der Waals surface area contributed by atoms with E-state index in [9.17, 15) is 14.2 Å². The number of rotatable bonds is 13. The van der Waals surface area contributed by atoms with Gasteiger partial charge in [0, 0.05) is 13.8 Å². The highest BCUT2D eigenvalue weighted by atomic mass is 31.2. The van der Waals surface area contributed by atoms with Crippen LogP contribution in [0.15, 0.2) is 0 Å². The Labute approximate surface area is 172 Å². The summed E-state index contributed by atoms with van der Waals surface area (Å²) in [6.45, 7) is 9.37. The molecule has 2 unspecified atom stereocenters. The Hall–Kier alpha value is -1.03. The van der Waals surface area contributed by atoms with Gasteiger partial charge in [-0.3, -0.25) is 23.2 Å². The monoisotopic (exact) mass is 440 g/mol. The highest BCUT2D eigenvalue weighted by Crippen LogP contribution is 2.52. The Morgan fingerprint density at radius 2 is 1.72 bits per heavy atom. The highest BCUT2D eigenvalue weighted by molar-refractivity contribution is 7.48. The van der Waals surface area contributed by atoms with Gasteiger partial charge in [-0.25, -0.2) is 4.57 Å². The zero-order valence-corrected chi connectivity index (χ0v) is 18.9. The molecule has 11 heteroatoms. The van der Waals surface area contributed by atoms with Crippen LogP contribution in [0.2, 0.25) is 0 Å². The fraction of sp³-hybridized carbons (Fsp3) is 0.889.